The third-order valence-electron chi connectivity index (χ3n) is 2.52. The van der Waals surface area contributed by atoms with E-state index < -0.39 is 0 Å². The van der Waals surface area contributed by atoms with E-state index >= 15 is 0 Å². The molecule has 0 spiro atoms. The first kappa shape index (κ1) is 13.8. The van der Waals surface area contributed by atoms with Crippen LogP contribution < -0.4 is 4.90 Å². The van der Waals surface area contributed by atoms with Crippen molar-refractivity contribution >= 4 is 49.3 Å². The Labute approximate surface area is 128 Å². The molecule has 1 heterocycles. The highest BCUT2D eigenvalue weighted by molar-refractivity contribution is 9.10. The lowest BCUT2D eigenvalue weighted by Gasteiger charge is -2.20. The van der Waals surface area contributed by atoms with Crippen LogP contribution in [0.4, 0.5) is 5.82 Å². The van der Waals surface area contributed by atoms with E-state index in [1.807, 2.05) is 31.3 Å². The van der Waals surface area contributed by atoms with Gasteiger partial charge in [-0.05, 0) is 33.6 Å². The second-order valence-electron chi connectivity index (χ2n) is 3.91. The molecule has 0 N–H and O–H groups in total. The predicted octanol–water partition coefficient (Wildman–Crippen LogP) is 4.90. The molecule has 1 aromatic carbocycles. The number of nitrogens with zero attached hydrogens (tertiary/aromatic N) is 2. The second kappa shape index (κ2) is 6.04. The summed E-state index contributed by atoms with van der Waals surface area (Å²) in [6.07, 6.45) is 1.65. The van der Waals surface area contributed by atoms with E-state index in [9.17, 15) is 0 Å². The first-order chi connectivity index (χ1) is 8.58. The number of anilines is 1. The molecular weight excluding hydrogens is 379 g/mol. The topological polar surface area (TPSA) is 16.1 Å². The molecule has 2 nitrogen and oxygen atoms in total. The molecule has 0 amide bonds. The van der Waals surface area contributed by atoms with Crippen LogP contribution in [0.15, 0.2) is 45.5 Å². The fraction of sp³-hybridized carbons (Fsp3) is 0.154. The van der Waals surface area contributed by atoms with Crippen molar-refractivity contribution in [2.75, 3.05) is 11.9 Å². The highest BCUT2D eigenvalue weighted by atomic mass is 79.9. The minimum atomic E-state index is 0.625. The minimum absolute atomic E-state index is 0.625. The molecule has 0 aliphatic heterocycles. The SMILES string of the molecule is CN(Cc1ccccc1Br)c1ncc(Cl)cc1Br. The van der Waals surface area contributed by atoms with Gasteiger partial charge in [-0.2, -0.15) is 0 Å². The Morgan fingerprint density at radius 2 is 1.94 bits per heavy atom. The third kappa shape index (κ3) is 3.25. The Bertz CT molecular complexity index is 560. The molecule has 0 aliphatic carbocycles. The lowest BCUT2D eigenvalue weighted by atomic mass is 10.2. The Morgan fingerprint density at radius 1 is 1.22 bits per heavy atom. The van der Waals surface area contributed by atoms with E-state index in [1.165, 1.54) is 5.56 Å². The van der Waals surface area contributed by atoms with Gasteiger partial charge < -0.3 is 4.90 Å². The summed E-state index contributed by atoms with van der Waals surface area (Å²) in [4.78, 5) is 6.41. The van der Waals surface area contributed by atoms with Crippen LogP contribution in [0.2, 0.25) is 5.02 Å². The zero-order valence-electron chi connectivity index (χ0n) is 9.70. The summed E-state index contributed by atoms with van der Waals surface area (Å²) in [5, 5.41) is 0.625. The minimum Gasteiger partial charge on any atom is -0.354 e. The molecular formula is C13H11Br2ClN2. The molecule has 2 rings (SSSR count). The molecule has 0 unspecified atom stereocenters. The predicted molar refractivity (Wildman–Crippen MR) is 83.2 cm³/mol. The van der Waals surface area contributed by atoms with Gasteiger partial charge in [0.25, 0.3) is 0 Å². The van der Waals surface area contributed by atoms with E-state index in [4.69, 9.17) is 11.6 Å². The van der Waals surface area contributed by atoms with Gasteiger partial charge in [0.05, 0.1) is 9.50 Å². The van der Waals surface area contributed by atoms with Crippen LogP contribution >= 0.6 is 43.5 Å². The quantitative estimate of drug-likeness (QED) is 0.741. The fourth-order valence-electron chi connectivity index (χ4n) is 1.65. The molecule has 5 heteroatoms. The summed E-state index contributed by atoms with van der Waals surface area (Å²) in [7, 11) is 2.00. The first-order valence-corrected chi connectivity index (χ1v) is 7.30. The van der Waals surface area contributed by atoms with Crippen LogP contribution in [0, 0.1) is 0 Å². The van der Waals surface area contributed by atoms with Crippen molar-refractivity contribution in [2.24, 2.45) is 0 Å². The molecule has 2 aromatic rings. The number of aromatic nitrogens is 1. The molecule has 0 fully saturated rings. The number of halogens is 3. The van der Waals surface area contributed by atoms with E-state index in [-0.39, 0.29) is 0 Å². The summed E-state index contributed by atoms with van der Waals surface area (Å²) < 4.78 is 1.99. The van der Waals surface area contributed by atoms with E-state index in [2.05, 4.69) is 47.8 Å². The van der Waals surface area contributed by atoms with Crippen LogP contribution in [0.3, 0.4) is 0 Å². The lowest BCUT2D eigenvalue weighted by molar-refractivity contribution is 0.890. The summed E-state index contributed by atoms with van der Waals surface area (Å²) in [6, 6.07) is 10.0. The average Bonchev–Trinajstić information content (AvgIpc) is 2.32. The maximum atomic E-state index is 5.89. The largest absolute Gasteiger partial charge is 0.354 e. The van der Waals surface area contributed by atoms with Gasteiger partial charge in [-0.1, -0.05) is 45.7 Å². The van der Waals surface area contributed by atoms with Crippen LogP contribution in [-0.4, -0.2) is 12.0 Å². The number of hydrogen-bond acceptors (Lipinski definition) is 2. The number of benzene rings is 1. The van der Waals surface area contributed by atoms with Crippen LogP contribution in [-0.2, 0) is 6.54 Å². The van der Waals surface area contributed by atoms with Crippen molar-refractivity contribution in [3.05, 3.63) is 56.1 Å². The van der Waals surface area contributed by atoms with Gasteiger partial charge in [-0.3, -0.25) is 0 Å². The van der Waals surface area contributed by atoms with Crippen LogP contribution in [0.5, 0.6) is 0 Å². The Balaban J connectivity index is 2.22. The summed E-state index contributed by atoms with van der Waals surface area (Å²) in [5.74, 6) is 0.871. The Kier molecular flexibility index (Phi) is 4.65. The second-order valence-corrected chi connectivity index (χ2v) is 6.05. The van der Waals surface area contributed by atoms with E-state index in [0.29, 0.717) is 5.02 Å². The molecule has 18 heavy (non-hydrogen) atoms. The summed E-state index contributed by atoms with van der Waals surface area (Å²) in [5.41, 5.74) is 1.21. The molecule has 94 valence electrons. The first-order valence-electron chi connectivity index (χ1n) is 5.33. The van der Waals surface area contributed by atoms with Crippen LogP contribution in [0.1, 0.15) is 5.56 Å². The number of rotatable bonds is 3. The van der Waals surface area contributed by atoms with Gasteiger partial charge in [0.1, 0.15) is 5.82 Å². The molecule has 0 saturated heterocycles. The van der Waals surface area contributed by atoms with Gasteiger partial charge in [0.2, 0.25) is 0 Å². The molecule has 1 aromatic heterocycles. The van der Waals surface area contributed by atoms with Crippen molar-refractivity contribution in [2.45, 2.75) is 6.54 Å². The maximum Gasteiger partial charge on any atom is 0.143 e. The zero-order valence-corrected chi connectivity index (χ0v) is 13.6. The number of hydrogen-bond donors (Lipinski definition) is 0. The van der Waals surface area contributed by atoms with Gasteiger partial charge in [0, 0.05) is 24.3 Å². The Morgan fingerprint density at radius 3 is 2.61 bits per heavy atom. The average molecular weight is 391 g/mol. The van der Waals surface area contributed by atoms with Gasteiger partial charge in [-0.25, -0.2) is 4.98 Å². The molecule has 0 radical (unpaired) electrons. The van der Waals surface area contributed by atoms with Gasteiger partial charge in [-0.15, -0.1) is 0 Å². The summed E-state index contributed by atoms with van der Waals surface area (Å²) in [6.45, 7) is 0.772. The van der Waals surface area contributed by atoms with Gasteiger partial charge in [0.15, 0.2) is 0 Å². The van der Waals surface area contributed by atoms with Crippen molar-refractivity contribution in [3.63, 3.8) is 0 Å². The summed E-state index contributed by atoms with van der Waals surface area (Å²) >= 11 is 12.9. The fourth-order valence-corrected chi connectivity index (χ4v) is 3.00. The van der Waals surface area contributed by atoms with Gasteiger partial charge >= 0.3 is 0 Å². The molecule has 0 bridgehead atoms. The van der Waals surface area contributed by atoms with E-state index in [1.54, 1.807) is 6.20 Å². The van der Waals surface area contributed by atoms with Crippen LogP contribution in [0.25, 0.3) is 0 Å². The molecule has 0 atom stereocenters. The molecule has 0 aliphatic rings. The monoisotopic (exact) mass is 388 g/mol. The number of pyridine rings is 1. The van der Waals surface area contributed by atoms with E-state index in [0.717, 1.165) is 21.3 Å². The highest BCUT2D eigenvalue weighted by Crippen LogP contribution is 2.27. The highest BCUT2D eigenvalue weighted by Gasteiger charge is 2.09. The Hall–Kier alpha value is -0.580. The van der Waals surface area contributed by atoms with Crippen molar-refractivity contribution in [1.82, 2.24) is 4.98 Å². The van der Waals surface area contributed by atoms with Crippen molar-refractivity contribution in [1.29, 1.82) is 0 Å². The third-order valence-corrected chi connectivity index (χ3v) is 4.08. The normalized spacial score (nSPS) is 10.4. The lowest BCUT2D eigenvalue weighted by Crippen LogP contribution is -2.18. The van der Waals surface area contributed by atoms with Crippen molar-refractivity contribution < 1.29 is 0 Å². The smallest absolute Gasteiger partial charge is 0.143 e. The van der Waals surface area contributed by atoms with Crippen molar-refractivity contribution in [3.8, 4) is 0 Å². The maximum absolute atomic E-state index is 5.89. The molecule has 0 saturated carbocycles. The zero-order chi connectivity index (χ0) is 13.1. The standard InChI is InChI=1S/C13H11Br2ClN2/c1-18(8-9-4-2-3-5-11(9)14)13-12(15)6-10(16)7-17-13/h2-7H,8H2,1H3.